The summed E-state index contributed by atoms with van der Waals surface area (Å²) >= 11 is 0. The molecule has 1 heterocycles. The van der Waals surface area contributed by atoms with E-state index in [9.17, 15) is 9.90 Å². The lowest BCUT2D eigenvalue weighted by Gasteiger charge is -2.34. The summed E-state index contributed by atoms with van der Waals surface area (Å²) in [7, 11) is 3.40. The Morgan fingerprint density at radius 3 is 2.74 bits per heavy atom. The van der Waals surface area contributed by atoms with Gasteiger partial charge in [-0.15, -0.1) is 0 Å². The largest absolute Gasteiger partial charge is 0.484 e. The van der Waals surface area contributed by atoms with Crippen LogP contribution in [0.15, 0.2) is 29.3 Å². The number of hydrogen-bond donors (Lipinski definition) is 3. The van der Waals surface area contributed by atoms with Gasteiger partial charge in [-0.05, 0) is 31.5 Å². The first-order chi connectivity index (χ1) is 14.8. The summed E-state index contributed by atoms with van der Waals surface area (Å²) < 4.78 is 10.9. The molecule has 1 fully saturated rings. The lowest BCUT2D eigenvalue weighted by atomic mass is 10.1. The fourth-order valence-electron chi connectivity index (χ4n) is 3.09. The van der Waals surface area contributed by atoms with E-state index in [1.54, 1.807) is 14.1 Å². The van der Waals surface area contributed by atoms with E-state index in [1.165, 1.54) is 4.90 Å². The molecule has 1 aliphatic rings. The molecule has 1 saturated heterocycles. The Morgan fingerprint density at radius 1 is 1.32 bits per heavy atom. The summed E-state index contributed by atoms with van der Waals surface area (Å²) in [5.41, 5.74) is 0.0763. The summed E-state index contributed by atoms with van der Waals surface area (Å²) in [4.78, 5) is 20.0. The highest BCUT2D eigenvalue weighted by atomic mass is 16.5. The van der Waals surface area contributed by atoms with Gasteiger partial charge in [-0.1, -0.05) is 12.1 Å². The van der Waals surface area contributed by atoms with Crippen LogP contribution in [0.5, 0.6) is 5.75 Å². The zero-order valence-corrected chi connectivity index (χ0v) is 19.2. The highest BCUT2D eigenvalue weighted by molar-refractivity contribution is 5.79. The third-order valence-electron chi connectivity index (χ3n) is 4.83. The predicted molar refractivity (Wildman–Crippen MR) is 121 cm³/mol. The number of carbonyl (C=O) groups excluding carboxylic acids is 1. The van der Waals surface area contributed by atoms with Crippen LogP contribution in [0.4, 0.5) is 0 Å². The fourth-order valence-corrected chi connectivity index (χ4v) is 3.09. The summed E-state index contributed by atoms with van der Waals surface area (Å²) in [6.45, 7) is 9.04. The predicted octanol–water partition coefficient (Wildman–Crippen LogP) is 0.292. The van der Waals surface area contributed by atoms with Gasteiger partial charge in [0, 0.05) is 46.8 Å². The second kappa shape index (κ2) is 12.5. The molecule has 1 atom stereocenters. The average Bonchev–Trinajstić information content (AvgIpc) is 2.74. The maximum absolute atomic E-state index is 11.7. The van der Waals surface area contributed by atoms with E-state index < -0.39 is 5.60 Å². The SMILES string of the molecule is CCNC(=NCc1cccc(OCC(=O)N(C)C)c1)NCC(C)(O)CN1CCOCC1. The number of carbonyl (C=O) groups is 1. The van der Waals surface area contributed by atoms with Crippen LogP contribution < -0.4 is 15.4 Å². The second-order valence-corrected chi connectivity index (χ2v) is 8.16. The third kappa shape index (κ3) is 9.54. The first-order valence-corrected chi connectivity index (χ1v) is 10.8. The van der Waals surface area contributed by atoms with Crippen molar-refractivity contribution in [3.05, 3.63) is 29.8 Å². The number of β-amino-alcohol motifs (C(OH)–C–C–N with tert-alkyl or cyclic N) is 1. The van der Waals surface area contributed by atoms with E-state index in [2.05, 4.69) is 20.5 Å². The van der Waals surface area contributed by atoms with Crippen molar-refractivity contribution in [1.82, 2.24) is 20.4 Å². The summed E-state index contributed by atoms with van der Waals surface area (Å²) in [5.74, 6) is 1.18. The molecule has 0 saturated carbocycles. The molecule has 9 nitrogen and oxygen atoms in total. The maximum Gasteiger partial charge on any atom is 0.259 e. The summed E-state index contributed by atoms with van der Waals surface area (Å²) in [5, 5.41) is 17.2. The van der Waals surface area contributed by atoms with Crippen LogP contribution in [0.25, 0.3) is 0 Å². The zero-order valence-electron chi connectivity index (χ0n) is 19.2. The van der Waals surface area contributed by atoms with Gasteiger partial charge >= 0.3 is 0 Å². The second-order valence-electron chi connectivity index (χ2n) is 8.16. The molecule has 1 unspecified atom stereocenters. The summed E-state index contributed by atoms with van der Waals surface area (Å²) in [6.07, 6.45) is 0. The topological polar surface area (TPSA) is 98.7 Å². The minimum absolute atomic E-state index is 0.00213. The van der Waals surface area contributed by atoms with Crippen LogP contribution in [0.2, 0.25) is 0 Å². The number of ether oxygens (including phenoxy) is 2. The van der Waals surface area contributed by atoms with Gasteiger partial charge in [0.05, 0.1) is 25.4 Å². The molecule has 31 heavy (non-hydrogen) atoms. The first kappa shape index (κ1) is 24.9. The Morgan fingerprint density at radius 2 is 2.06 bits per heavy atom. The molecule has 3 N–H and O–H groups in total. The smallest absolute Gasteiger partial charge is 0.259 e. The molecule has 1 aromatic carbocycles. The Kier molecular flexibility index (Phi) is 10.0. The van der Waals surface area contributed by atoms with Crippen LogP contribution in [0.1, 0.15) is 19.4 Å². The van der Waals surface area contributed by atoms with E-state index in [-0.39, 0.29) is 12.5 Å². The molecule has 1 aromatic rings. The maximum atomic E-state index is 11.7. The van der Waals surface area contributed by atoms with E-state index in [0.29, 0.717) is 51.1 Å². The number of nitrogens with one attached hydrogen (secondary N) is 2. The zero-order chi connectivity index (χ0) is 22.7. The van der Waals surface area contributed by atoms with Gasteiger partial charge in [0.1, 0.15) is 5.75 Å². The molecule has 2 rings (SSSR count). The number of benzene rings is 1. The molecule has 1 amide bonds. The Balaban J connectivity index is 1.89. The van der Waals surface area contributed by atoms with E-state index in [4.69, 9.17) is 9.47 Å². The van der Waals surface area contributed by atoms with Crippen molar-refractivity contribution in [2.24, 2.45) is 4.99 Å². The van der Waals surface area contributed by atoms with E-state index >= 15 is 0 Å². The van der Waals surface area contributed by atoms with Crippen LogP contribution in [0.3, 0.4) is 0 Å². The lowest BCUT2D eigenvalue weighted by Crippen LogP contribution is -2.52. The number of nitrogens with zero attached hydrogens (tertiary/aromatic N) is 3. The van der Waals surface area contributed by atoms with Gasteiger partial charge in [-0.3, -0.25) is 9.69 Å². The monoisotopic (exact) mass is 435 g/mol. The highest BCUT2D eigenvalue weighted by Gasteiger charge is 2.25. The van der Waals surface area contributed by atoms with E-state index in [0.717, 1.165) is 18.7 Å². The summed E-state index contributed by atoms with van der Waals surface area (Å²) in [6, 6.07) is 7.54. The van der Waals surface area contributed by atoms with Gasteiger partial charge in [0.2, 0.25) is 0 Å². The Hall–Kier alpha value is -2.36. The average molecular weight is 436 g/mol. The van der Waals surface area contributed by atoms with Gasteiger partial charge in [-0.2, -0.15) is 0 Å². The molecule has 174 valence electrons. The number of likely N-dealkylation sites (N-methyl/N-ethyl adjacent to an activating group) is 1. The Labute approximate surface area is 185 Å². The standard InChI is InChI=1S/C22H37N5O4/c1-5-23-21(25-16-22(2,29)17-27-9-11-30-12-10-27)24-14-18-7-6-8-19(13-18)31-15-20(28)26(3)4/h6-8,13,29H,5,9-12,14-17H2,1-4H3,(H2,23,24,25). The first-order valence-electron chi connectivity index (χ1n) is 10.8. The van der Waals surface area contributed by atoms with Gasteiger partial charge in [0.15, 0.2) is 12.6 Å². The fraction of sp³-hybridized carbons (Fsp3) is 0.636. The molecule has 9 heteroatoms. The molecule has 0 bridgehead atoms. The van der Waals surface area contributed by atoms with Crippen molar-refractivity contribution in [3.63, 3.8) is 0 Å². The van der Waals surface area contributed by atoms with Crippen molar-refractivity contribution >= 4 is 11.9 Å². The van der Waals surface area contributed by atoms with Gasteiger partial charge < -0.3 is 30.1 Å². The number of hydrogen-bond acceptors (Lipinski definition) is 6. The van der Waals surface area contributed by atoms with E-state index in [1.807, 2.05) is 38.1 Å². The van der Waals surface area contributed by atoms with Crippen LogP contribution >= 0.6 is 0 Å². The molecule has 1 aliphatic heterocycles. The Bertz CT molecular complexity index is 718. The lowest BCUT2D eigenvalue weighted by molar-refractivity contribution is -0.130. The van der Waals surface area contributed by atoms with Crippen LogP contribution in [0, 0.1) is 0 Å². The van der Waals surface area contributed by atoms with Crippen molar-refractivity contribution in [2.75, 3.05) is 66.6 Å². The van der Waals surface area contributed by atoms with Crippen molar-refractivity contribution in [3.8, 4) is 5.75 Å². The third-order valence-corrected chi connectivity index (χ3v) is 4.83. The number of aliphatic hydroxyl groups is 1. The number of morpholine rings is 1. The van der Waals surface area contributed by atoms with Gasteiger partial charge in [-0.25, -0.2) is 4.99 Å². The molecule has 0 radical (unpaired) electrons. The normalized spacial score (nSPS) is 17.0. The molecule has 0 aromatic heterocycles. The number of guanidine groups is 1. The van der Waals surface area contributed by atoms with Crippen molar-refractivity contribution in [1.29, 1.82) is 0 Å². The number of rotatable bonds is 10. The minimum atomic E-state index is -0.889. The molecular weight excluding hydrogens is 398 g/mol. The molecular formula is C22H37N5O4. The minimum Gasteiger partial charge on any atom is -0.484 e. The molecule has 0 aliphatic carbocycles. The number of amides is 1. The van der Waals surface area contributed by atoms with Crippen molar-refractivity contribution in [2.45, 2.75) is 26.0 Å². The van der Waals surface area contributed by atoms with Crippen molar-refractivity contribution < 1.29 is 19.4 Å². The van der Waals surface area contributed by atoms with Crippen LogP contribution in [-0.4, -0.2) is 99.0 Å². The highest BCUT2D eigenvalue weighted by Crippen LogP contribution is 2.14. The van der Waals surface area contributed by atoms with Gasteiger partial charge in [0.25, 0.3) is 5.91 Å². The quantitative estimate of drug-likeness (QED) is 0.359. The van der Waals surface area contributed by atoms with Crippen LogP contribution in [-0.2, 0) is 16.1 Å². The number of aliphatic imine (C=N–C) groups is 1. The molecule has 0 spiro atoms.